The molecule has 0 atom stereocenters. The lowest BCUT2D eigenvalue weighted by Gasteiger charge is -2.32. The molecular formula is C24H25N3O2. The van der Waals surface area contributed by atoms with E-state index in [1.807, 2.05) is 17.0 Å². The fourth-order valence-electron chi connectivity index (χ4n) is 3.83. The highest BCUT2D eigenvalue weighted by molar-refractivity contribution is 5.94. The summed E-state index contributed by atoms with van der Waals surface area (Å²) < 4.78 is 5.22. The quantitative estimate of drug-likeness (QED) is 0.662. The SMILES string of the molecule is COc1ccc(Cc2cccc(C3CCN(C(=O)c4ccncc4)CC3)n2)cc1. The lowest BCUT2D eigenvalue weighted by molar-refractivity contribution is 0.0712. The van der Waals surface area contributed by atoms with Crippen molar-refractivity contribution in [2.24, 2.45) is 0 Å². The minimum absolute atomic E-state index is 0.0899. The summed E-state index contributed by atoms with van der Waals surface area (Å²) in [6.07, 6.45) is 6.01. The lowest BCUT2D eigenvalue weighted by atomic mass is 9.92. The van der Waals surface area contributed by atoms with Crippen LogP contribution >= 0.6 is 0 Å². The molecule has 4 rings (SSSR count). The lowest BCUT2D eigenvalue weighted by Crippen LogP contribution is -2.38. The van der Waals surface area contributed by atoms with Gasteiger partial charge in [0, 0.05) is 54.8 Å². The van der Waals surface area contributed by atoms with Crippen molar-refractivity contribution in [3.05, 3.63) is 89.5 Å². The van der Waals surface area contributed by atoms with Crippen LogP contribution < -0.4 is 4.74 Å². The number of likely N-dealkylation sites (tertiary alicyclic amines) is 1. The molecule has 0 unspecified atom stereocenters. The Bertz CT molecular complexity index is 949. The van der Waals surface area contributed by atoms with Crippen LogP contribution in [0.1, 0.15) is 46.1 Å². The van der Waals surface area contributed by atoms with Gasteiger partial charge in [0.15, 0.2) is 0 Å². The average Bonchev–Trinajstić information content (AvgIpc) is 2.80. The van der Waals surface area contributed by atoms with Crippen molar-refractivity contribution in [2.45, 2.75) is 25.2 Å². The van der Waals surface area contributed by atoms with Crippen molar-refractivity contribution in [3.63, 3.8) is 0 Å². The van der Waals surface area contributed by atoms with E-state index in [1.165, 1.54) is 5.56 Å². The van der Waals surface area contributed by atoms with Gasteiger partial charge in [0.1, 0.15) is 5.75 Å². The maximum Gasteiger partial charge on any atom is 0.253 e. The fourth-order valence-corrected chi connectivity index (χ4v) is 3.83. The predicted molar refractivity (Wildman–Crippen MR) is 112 cm³/mol. The molecule has 3 heterocycles. The number of aromatic nitrogens is 2. The van der Waals surface area contributed by atoms with Crippen LogP contribution in [0, 0.1) is 0 Å². The standard InChI is InChI=1S/C24H25N3O2/c1-29-22-7-5-18(6-8-22)17-21-3-2-4-23(26-21)19-11-15-27(16-12-19)24(28)20-9-13-25-14-10-20/h2-10,13-14,19H,11-12,15-17H2,1H3. The Balaban J connectivity index is 1.38. The van der Waals surface area contributed by atoms with Crippen LogP contribution in [0.15, 0.2) is 67.0 Å². The molecule has 5 heteroatoms. The normalized spacial score (nSPS) is 14.6. The van der Waals surface area contributed by atoms with Crippen molar-refractivity contribution in [1.82, 2.24) is 14.9 Å². The van der Waals surface area contributed by atoms with Gasteiger partial charge in [-0.15, -0.1) is 0 Å². The summed E-state index contributed by atoms with van der Waals surface area (Å²) in [5.74, 6) is 1.35. The predicted octanol–water partition coefficient (Wildman–Crippen LogP) is 4.10. The molecule has 1 aliphatic rings. The fraction of sp³-hybridized carbons (Fsp3) is 0.292. The van der Waals surface area contributed by atoms with Gasteiger partial charge in [0.2, 0.25) is 0 Å². The maximum atomic E-state index is 12.6. The molecule has 29 heavy (non-hydrogen) atoms. The van der Waals surface area contributed by atoms with Gasteiger partial charge in [0.25, 0.3) is 5.91 Å². The van der Waals surface area contributed by atoms with Crippen LogP contribution in [-0.2, 0) is 6.42 Å². The third-order valence-electron chi connectivity index (χ3n) is 5.50. The number of nitrogens with zero attached hydrogens (tertiary/aromatic N) is 3. The molecule has 0 aliphatic carbocycles. The van der Waals surface area contributed by atoms with Gasteiger partial charge in [-0.05, 0) is 54.8 Å². The largest absolute Gasteiger partial charge is 0.497 e. The Morgan fingerprint density at radius 3 is 2.45 bits per heavy atom. The zero-order valence-corrected chi connectivity index (χ0v) is 16.6. The highest BCUT2D eigenvalue weighted by atomic mass is 16.5. The second-order valence-corrected chi connectivity index (χ2v) is 7.38. The Hall–Kier alpha value is -3.21. The topological polar surface area (TPSA) is 55.3 Å². The molecule has 1 aromatic carbocycles. The van der Waals surface area contributed by atoms with Crippen molar-refractivity contribution in [1.29, 1.82) is 0 Å². The number of hydrogen-bond donors (Lipinski definition) is 0. The molecule has 0 saturated carbocycles. The number of rotatable bonds is 5. The zero-order chi connectivity index (χ0) is 20.1. The number of ether oxygens (including phenoxy) is 1. The van der Waals surface area contributed by atoms with E-state index in [2.05, 4.69) is 35.3 Å². The van der Waals surface area contributed by atoms with E-state index >= 15 is 0 Å². The van der Waals surface area contributed by atoms with Gasteiger partial charge in [-0.1, -0.05) is 18.2 Å². The first-order chi connectivity index (χ1) is 14.2. The Labute approximate surface area is 171 Å². The first-order valence-corrected chi connectivity index (χ1v) is 10.0. The molecule has 0 spiro atoms. The van der Waals surface area contributed by atoms with E-state index in [-0.39, 0.29) is 5.91 Å². The Kier molecular flexibility index (Phi) is 5.84. The second kappa shape index (κ2) is 8.86. The van der Waals surface area contributed by atoms with E-state index in [1.54, 1.807) is 31.6 Å². The molecule has 3 aromatic rings. The highest BCUT2D eigenvalue weighted by Crippen LogP contribution is 2.28. The molecule has 1 amide bonds. The number of benzene rings is 1. The van der Waals surface area contributed by atoms with Crippen LogP contribution in [0.5, 0.6) is 5.75 Å². The molecule has 0 radical (unpaired) electrons. The minimum Gasteiger partial charge on any atom is -0.497 e. The third-order valence-corrected chi connectivity index (χ3v) is 5.50. The summed E-state index contributed by atoms with van der Waals surface area (Å²) in [6, 6.07) is 18.0. The van der Waals surface area contributed by atoms with Gasteiger partial charge in [0.05, 0.1) is 7.11 Å². The van der Waals surface area contributed by atoms with E-state index in [4.69, 9.17) is 9.72 Å². The number of carbonyl (C=O) groups is 1. The Morgan fingerprint density at radius 2 is 1.76 bits per heavy atom. The third kappa shape index (κ3) is 4.62. The molecule has 1 fully saturated rings. The zero-order valence-electron chi connectivity index (χ0n) is 16.6. The summed E-state index contributed by atoms with van der Waals surface area (Å²) in [7, 11) is 1.68. The number of amides is 1. The van der Waals surface area contributed by atoms with Gasteiger partial charge < -0.3 is 9.64 Å². The molecule has 1 saturated heterocycles. The summed E-state index contributed by atoms with van der Waals surface area (Å²) in [4.78, 5) is 23.5. The van der Waals surface area contributed by atoms with Crippen molar-refractivity contribution in [2.75, 3.05) is 20.2 Å². The van der Waals surface area contributed by atoms with Crippen molar-refractivity contribution < 1.29 is 9.53 Å². The Morgan fingerprint density at radius 1 is 1.03 bits per heavy atom. The average molecular weight is 387 g/mol. The van der Waals surface area contributed by atoms with Crippen molar-refractivity contribution >= 4 is 5.91 Å². The van der Waals surface area contributed by atoms with Gasteiger partial charge in [-0.3, -0.25) is 14.8 Å². The number of pyridine rings is 2. The smallest absolute Gasteiger partial charge is 0.253 e. The molecular weight excluding hydrogens is 362 g/mol. The van der Waals surface area contributed by atoms with E-state index in [0.717, 1.165) is 49.5 Å². The summed E-state index contributed by atoms with van der Waals surface area (Å²) in [5, 5.41) is 0. The van der Waals surface area contributed by atoms with Crippen molar-refractivity contribution in [3.8, 4) is 5.75 Å². The highest BCUT2D eigenvalue weighted by Gasteiger charge is 2.25. The van der Waals surface area contributed by atoms with Crippen LogP contribution in [0.2, 0.25) is 0 Å². The second-order valence-electron chi connectivity index (χ2n) is 7.38. The first-order valence-electron chi connectivity index (χ1n) is 10.0. The van der Waals surface area contributed by atoms with Crippen LogP contribution in [-0.4, -0.2) is 41.0 Å². The maximum absolute atomic E-state index is 12.6. The van der Waals surface area contributed by atoms with Crippen LogP contribution in [0.4, 0.5) is 0 Å². The van der Waals surface area contributed by atoms with Gasteiger partial charge in [-0.2, -0.15) is 0 Å². The molecule has 1 aliphatic heterocycles. The monoisotopic (exact) mass is 387 g/mol. The van der Waals surface area contributed by atoms with Crippen LogP contribution in [0.25, 0.3) is 0 Å². The molecule has 148 valence electrons. The molecule has 0 N–H and O–H groups in total. The first kappa shape index (κ1) is 19.1. The van der Waals surface area contributed by atoms with E-state index in [9.17, 15) is 4.79 Å². The number of hydrogen-bond acceptors (Lipinski definition) is 4. The number of methoxy groups -OCH3 is 1. The minimum atomic E-state index is 0.0899. The molecule has 5 nitrogen and oxygen atoms in total. The molecule has 0 bridgehead atoms. The number of carbonyl (C=O) groups excluding carboxylic acids is 1. The summed E-state index contributed by atoms with van der Waals surface area (Å²) in [5.41, 5.74) is 4.13. The van der Waals surface area contributed by atoms with E-state index < -0.39 is 0 Å². The van der Waals surface area contributed by atoms with Gasteiger partial charge >= 0.3 is 0 Å². The molecule has 2 aromatic heterocycles. The van der Waals surface area contributed by atoms with E-state index in [0.29, 0.717) is 11.5 Å². The summed E-state index contributed by atoms with van der Waals surface area (Å²) in [6.45, 7) is 1.52. The van der Waals surface area contributed by atoms with Crippen LogP contribution in [0.3, 0.4) is 0 Å². The summed E-state index contributed by atoms with van der Waals surface area (Å²) >= 11 is 0. The number of piperidine rings is 1. The van der Waals surface area contributed by atoms with Gasteiger partial charge in [-0.25, -0.2) is 0 Å².